The van der Waals surface area contributed by atoms with E-state index >= 15 is 0 Å². The number of Topliss-reactive ketones (excluding diaryl/α,β-unsaturated/α-hetero) is 1. The van der Waals surface area contributed by atoms with Crippen molar-refractivity contribution in [3.05, 3.63) is 65.2 Å². The number of carbonyl (C=O) groups excluding carboxylic acids is 2. The van der Waals surface area contributed by atoms with Crippen molar-refractivity contribution < 1.29 is 19.1 Å². The van der Waals surface area contributed by atoms with Gasteiger partial charge in [0.1, 0.15) is 5.75 Å². The van der Waals surface area contributed by atoms with Gasteiger partial charge < -0.3 is 9.47 Å². The first-order chi connectivity index (χ1) is 11.0. The van der Waals surface area contributed by atoms with Crippen LogP contribution in [-0.2, 0) is 9.53 Å². The van der Waals surface area contributed by atoms with Crippen molar-refractivity contribution in [1.82, 2.24) is 0 Å². The van der Waals surface area contributed by atoms with Crippen LogP contribution in [0.2, 0.25) is 5.02 Å². The molecule has 0 amide bonds. The van der Waals surface area contributed by atoms with E-state index in [1.54, 1.807) is 62.4 Å². The molecule has 0 N–H and O–H groups in total. The number of esters is 1. The van der Waals surface area contributed by atoms with E-state index in [-0.39, 0.29) is 5.78 Å². The Hall–Kier alpha value is -2.33. The summed E-state index contributed by atoms with van der Waals surface area (Å²) in [4.78, 5) is 24.2. The average Bonchev–Trinajstić information content (AvgIpc) is 2.54. The second-order valence-corrected chi connectivity index (χ2v) is 5.46. The molecule has 23 heavy (non-hydrogen) atoms. The number of rotatable bonds is 6. The molecule has 120 valence electrons. The summed E-state index contributed by atoms with van der Waals surface area (Å²) in [6.07, 6.45) is -1.73. The van der Waals surface area contributed by atoms with Crippen molar-refractivity contribution in [3.8, 4) is 5.75 Å². The highest BCUT2D eigenvalue weighted by atomic mass is 35.5. The standard InChI is InChI=1S/C18H17ClO4/c1-12(17(20)14-7-4-3-5-8-14)23-18(21)13(2)22-16-10-6-9-15(19)11-16/h3-13H,1-2H3. The van der Waals surface area contributed by atoms with E-state index in [0.29, 0.717) is 16.3 Å². The fraction of sp³-hybridized carbons (Fsp3) is 0.222. The van der Waals surface area contributed by atoms with Crippen molar-refractivity contribution in [2.45, 2.75) is 26.1 Å². The van der Waals surface area contributed by atoms with E-state index in [1.807, 2.05) is 6.07 Å². The van der Waals surface area contributed by atoms with Crippen LogP contribution in [0.5, 0.6) is 5.75 Å². The fourth-order valence-corrected chi connectivity index (χ4v) is 2.13. The van der Waals surface area contributed by atoms with Gasteiger partial charge in [0.15, 0.2) is 12.2 Å². The normalized spacial score (nSPS) is 13.0. The summed E-state index contributed by atoms with van der Waals surface area (Å²) in [5, 5.41) is 0.510. The van der Waals surface area contributed by atoms with E-state index in [2.05, 4.69) is 0 Å². The minimum atomic E-state index is -0.879. The lowest BCUT2D eigenvalue weighted by Crippen LogP contribution is -2.32. The molecular formula is C18H17ClO4. The SMILES string of the molecule is CC(Oc1cccc(Cl)c1)C(=O)OC(C)C(=O)c1ccccc1. The first-order valence-electron chi connectivity index (χ1n) is 7.19. The van der Waals surface area contributed by atoms with Crippen molar-refractivity contribution in [2.24, 2.45) is 0 Å². The Labute approximate surface area is 140 Å². The fourth-order valence-electron chi connectivity index (χ4n) is 1.95. The highest BCUT2D eigenvalue weighted by Crippen LogP contribution is 2.19. The summed E-state index contributed by atoms with van der Waals surface area (Å²) in [6, 6.07) is 15.4. The second-order valence-electron chi connectivity index (χ2n) is 5.03. The van der Waals surface area contributed by atoms with Crippen LogP contribution in [0.25, 0.3) is 0 Å². The van der Waals surface area contributed by atoms with Crippen molar-refractivity contribution in [3.63, 3.8) is 0 Å². The van der Waals surface area contributed by atoms with Gasteiger partial charge in [-0.1, -0.05) is 48.0 Å². The lowest BCUT2D eigenvalue weighted by atomic mass is 10.1. The van der Waals surface area contributed by atoms with Gasteiger partial charge in [0.25, 0.3) is 0 Å². The molecule has 2 unspecified atom stereocenters. The molecule has 0 spiro atoms. The molecule has 2 rings (SSSR count). The van der Waals surface area contributed by atoms with E-state index in [0.717, 1.165) is 0 Å². The van der Waals surface area contributed by atoms with Crippen molar-refractivity contribution >= 4 is 23.4 Å². The van der Waals surface area contributed by atoms with Gasteiger partial charge in [0.2, 0.25) is 5.78 Å². The smallest absolute Gasteiger partial charge is 0.347 e. The predicted molar refractivity (Wildman–Crippen MR) is 87.9 cm³/mol. The van der Waals surface area contributed by atoms with E-state index < -0.39 is 18.2 Å². The van der Waals surface area contributed by atoms with Crippen LogP contribution in [0, 0.1) is 0 Å². The maximum atomic E-state index is 12.2. The van der Waals surface area contributed by atoms with Gasteiger partial charge in [0, 0.05) is 10.6 Å². The molecular weight excluding hydrogens is 316 g/mol. The van der Waals surface area contributed by atoms with Crippen LogP contribution >= 0.6 is 11.6 Å². The number of benzene rings is 2. The van der Waals surface area contributed by atoms with Crippen molar-refractivity contribution in [1.29, 1.82) is 0 Å². The number of ether oxygens (including phenoxy) is 2. The lowest BCUT2D eigenvalue weighted by molar-refractivity contribution is -0.153. The van der Waals surface area contributed by atoms with Gasteiger partial charge in [-0.25, -0.2) is 4.79 Å². The summed E-state index contributed by atoms with van der Waals surface area (Å²) in [6.45, 7) is 3.10. The molecule has 0 aromatic heterocycles. The summed E-state index contributed by atoms with van der Waals surface area (Å²) in [7, 11) is 0. The molecule has 2 aromatic rings. The molecule has 0 fully saturated rings. The van der Waals surface area contributed by atoms with Crippen LogP contribution in [0.1, 0.15) is 24.2 Å². The summed E-state index contributed by atoms with van der Waals surface area (Å²) < 4.78 is 10.7. The molecule has 2 atom stereocenters. The molecule has 0 bridgehead atoms. The Kier molecular flexibility index (Phi) is 5.77. The Bertz CT molecular complexity index is 684. The number of carbonyl (C=O) groups is 2. The third-order valence-corrected chi connectivity index (χ3v) is 3.40. The molecule has 0 saturated carbocycles. The minimum Gasteiger partial charge on any atom is -0.479 e. The number of hydrogen-bond donors (Lipinski definition) is 0. The minimum absolute atomic E-state index is 0.256. The monoisotopic (exact) mass is 332 g/mol. The van der Waals surface area contributed by atoms with Crippen LogP contribution in [0.3, 0.4) is 0 Å². The van der Waals surface area contributed by atoms with E-state index in [4.69, 9.17) is 21.1 Å². The molecule has 0 aliphatic carbocycles. The largest absolute Gasteiger partial charge is 0.479 e. The Morgan fingerprint density at radius 2 is 1.65 bits per heavy atom. The molecule has 0 saturated heterocycles. The highest BCUT2D eigenvalue weighted by molar-refractivity contribution is 6.30. The van der Waals surface area contributed by atoms with Gasteiger partial charge >= 0.3 is 5.97 Å². The van der Waals surface area contributed by atoms with Crippen LogP contribution < -0.4 is 4.74 Å². The molecule has 0 aliphatic heterocycles. The van der Waals surface area contributed by atoms with Crippen LogP contribution in [0.4, 0.5) is 0 Å². The topological polar surface area (TPSA) is 52.6 Å². The molecule has 0 aliphatic rings. The van der Waals surface area contributed by atoms with Gasteiger partial charge in [-0.2, -0.15) is 0 Å². The zero-order valence-electron chi connectivity index (χ0n) is 12.9. The maximum absolute atomic E-state index is 12.2. The molecule has 5 heteroatoms. The number of halogens is 1. The third-order valence-electron chi connectivity index (χ3n) is 3.16. The average molecular weight is 333 g/mol. The van der Waals surface area contributed by atoms with E-state index in [1.165, 1.54) is 0 Å². The Balaban J connectivity index is 1.94. The molecule has 4 nitrogen and oxygen atoms in total. The van der Waals surface area contributed by atoms with Gasteiger partial charge in [0.05, 0.1) is 0 Å². The second kappa shape index (κ2) is 7.79. The molecule has 2 aromatic carbocycles. The predicted octanol–water partition coefficient (Wildman–Crippen LogP) is 3.92. The summed E-state index contributed by atoms with van der Waals surface area (Å²) in [5.41, 5.74) is 0.496. The van der Waals surface area contributed by atoms with Crippen LogP contribution in [-0.4, -0.2) is 24.0 Å². The van der Waals surface area contributed by atoms with Gasteiger partial charge in [-0.05, 0) is 32.0 Å². The lowest BCUT2D eigenvalue weighted by Gasteiger charge is -2.17. The zero-order chi connectivity index (χ0) is 16.8. The first-order valence-corrected chi connectivity index (χ1v) is 7.57. The highest BCUT2D eigenvalue weighted by Gasteiger charge is 2.24. The molecule has 0 heterocycles. The Morgan fingerprint density at radius 1 is 0.957 bits per heavy atom. The van der Waals surface area contributed by atoms with E-state index in [9.17, 15) is 9.59 Å². The summed E-state index contributed by atoms with van der Waals surface area (Å²) >= 11 is 5.86. The Morgan fingerprint density at radius 3 is 2.30 bits per heavy atom. The van der Waals surface area contributed by atoms with Gasteiger partial charge in [-0.3, -0.25) is 4.79 Å². The van der Waals surface area contributed by atoms with Crippen molar-refractivity contribution in [2.75, 3.05) is 0 Å². The zero-order valence-corrected chi connectivity index (χ0v) is 13.6. The van der Waals surface area contributed by atoms with Crippen LogP contribution in [0.15, 0.2) is 54.6 Å². The third kappa shape index (κ3) is 4.83. The summed E-state index contributed by atoms with van der Waals surface area (Å²) in [5.74, 6) is -0.403. The first kappa shape index (κ1) is 17.0. The quantitative estimate of drug-likeness (QED) is 0.594. The maximum Gasteiger partial charge on any atom is 0.347 e. The number of ketones is 1. The number of hydrogen-bond acceptors (Lipinski definition) is 4. The molecule has 0 radical (unpaired) electrons. The van der Waals surface area contributed by atoms with Gasteiger partial charge in [-0.15, -0.1) is 0 Å².